The Morgan fingerprint density at radius 3 is 1.21 bits per heavy atom. The molecule has 440 valence electrons. The highest BCUT2D eigenvalue weighted by Crippen LogP contribution is 2.36. The number of aliphatic hydroxyl groups excluding tert-OH is 17. The van der Waals surface area contributed by atoms with Crippen molar-refractivity contribution in [1.29, 1.82) is 0 Å². The van der Waals surface area contributed by atoms with Gasteiger partial charge in [-0.25, -0.2) is 0 Å². The van der Waals surface area contributed by atoms with Crippen LogP contribution in [0.25, 0.3) is 0 Å². The number of nitrogens with one attached hydrogen (secondary N) is 3. The molecule has 0 bridgehead atoms. The molecule has 0 unspecified atom stereocenters. The molecular formula is C42H71N3O31. The van der Waals surface area contributed by atoms with Gasteiger partial charge in [0.25, 0.3) is 0 Å². The molecule has 76 heavy (non-hydrogen) atoms. The molecule has 0 radical (unpaired) electrons. The first kappa shape index (κ1) is 62.5. The minimum absolute atomic E-state index is 0.717. The van der Waals surface area contributed by atoms with Crippen molar-refractivity contribution >= 4 is 17.7 Å². The summed E-state index contributed by atoms with van der Waals surface area (Å²) in [4.78, 5) is 36.5. The van der Waals surface area contributed by atoms with Crippen LogP contribution in [-0.4, -0.2) is 328 Å². The number of amides is 3. The lowest BCUT2D eigenvalue weighted by Gasteiger charge is -2.50. The van der Waals surface area contributed by atoms with Crippen LogP contribution in [0, 0.1) is 0 Å². The maximum atomic E-state index is 12.6. The molecule has 6 heterocycles. The summed E-state index contributed by atoms with van der Waals surface area (Å²) in [6.45, 7) is -2.54. The lowest BCUT2D eigenvalue weighted by Crippen LogP contribution is -2.70. The zero-order valence-electron chi connectivity index (χ0n) is 40.9. The molecule has 20 N–H and O–H groups in total. The van der Waals surface area contributed by atoms with E-state index in [9.17, 15) is 101 Å². The van der Waals surface area contributed by atoms with Gasteiger partial charge in [0, 0.05) is 20.8 Å². The second-order valence-electron chi connectivity index (χ2n) is 19.0. The molecule has 6 saturated heterocycles. The number of aliphatic hydroxyl groups is 17. The summed E-state index contributed by atoms with van der Waals surface area (Å²) in [6, 6.07) is -4.82. The fraction of sp³-hybridized carbons (Fsp3) is 0.929. The molecule has 0 saturated carbocycles. The Morgan fingerprint density at radius 2 is 0.697 bits per heavy atom. The van der Waals surface area contributed by atoms with Crippen LogP contribution in [0.1, 0.15) is 20.8 Å². The van der Waals surface area contributed by atoms with Gasteiger partial charge in [0.15, 0.2) is 37.7 Å². The second-order valence-corrected chi connectivity index (χ2v) is 19.0. The van der Waals surface area contributed by atoms with Crippen LogP contribution in [0.2, 0.25) is 0 Å². The first-order valence-corrected chi connectivity index (χ1v) is 24.1. The summed E-state index contributed by atoms with van der Waals surface area (Å²) in [7, 11) is 0. The van der Waals surface area contributed by atoms with Gasteiger partial charge in [-0.3, -0.25) is 14.4 Å². The Balaban J connectivity index is 1.24. The van der Waals surface area contributed by atoms with E-state index in [1.54, 1.807) is 0 Å². The van der Waals surface area contributed by atoms with Gasteiger partial charge < -0.3 is 155 Å². The van der Waals surface area contributed by atoms with Gasteiger partial charge in [-0.15, -0.1) is 0 Å². The van der Waals surface area contributed by atoms with Crippen molar-refractivity contribution in [3.8, 4) is 0 Å². The standard InChI is InChI=1S/C42H71N3O31/c1-10(51)43-19-26(58)33(15(6-48)67-37(19)65)73-39-21(45-12(3)53)27(59)34(16(7-49)70-39)75-42-32(64)36(76-41-30(62)28(60)23(55)14(5-47)69-41)24(56)18(72-42)9-66-40-31(63)29(61)35(17(8-50)71-40)74-38-20(44-11(2)52)25(57)22(54)13(4-46)68-38/h13-42,46-50,54-65H,4-9H2,1-3H3,(H,43,51)(H,44,52)(H,45,53)/t13-,14-,15-,16-,17-,18-,19-,20-,21-,22-,23-,24-,25-,26-,27-,28+,29-,30+,31+,32+,33-,34-,35-,36+,37-,38+,39+,40+,41-,42+/m1/s1. The van der Waals surface area contributed by atoms with Crippen LogP contribution in [0.15, 0.2) is 0 Å². The van der Waals surface area contributed by atoms with Crippen LogP contribution in [0.5, 0.6) is 0 Å². The summed E-state index contributed by atoms with van der Waals surface area (Å²) in [5.41, 5.74) is 0. The third kappa shape index (κ3) is 13.7. The van der Waals surface area contributed by atoms with Crippen LogP contribution in [-0.2, 0) is 66.5 Å². The Kier molecular flexibility index (Phi) is 22.3. The highest BCUT2D eigenvalue weighted by Gasteiger charge is 2.57. The van der Waals surface area contributed by atoms with E-state index in [1.807, 2.05) is 0 Å². The van der Waals surface area contributed by atoms with Crippen LogP contribution in [0.4, 0.5) is 0 Å². The van der Waals surface area contributed by atoms with E-state index in [2.05, 4.69) is 16.0 Å². The van der Waals surface area contributed by atoms with E-state index in [4.69, 9.17) is 52.1 Å². The van der Waals surface area contributed by atoms with Crippen molar-refractivity contribution in [3.63, 3.8) is 0 Å². The minimum atomic E-state index is -2.27. The molecule has 34 nitrogen and oxygen atoms in total. The predicted molar refractivity (Wildman–Crippen MR) is 234 cm³/mol. The zero-order valence-corrected chi connectivity index (χ0v) is 40.9. The number of carbonyl (C=O) groups excluding carboxylic acids is 3. The Bertz CT molecular complexity index is 1870. The topological polar surface area (TPSA) is 533 Å². The average Bonchev–Trinajstić information content (AvgIpc) is 3.38. The molecule has 6 aliphatic heterocycles. The van der Waals surface area contributed by atoms with Gasteiger partial charge in [0.05, 0.1) is 39.6 Å². The van der Waals surface area contributed by atoms with E-state index in [0.29, 0.717) is 0 Å². The largest absolute Gasteiger partial charge is 0.394 e. The third-order valence-electron chi connectivity index (χ3n) is 13.6. The van der Waals surface area contributed by atoms with Crippen LogP contribution in [0.3, 0.4) is 0 Å². The quantitative estimate of drug-likeness (QED) is 0.0571. The molecule has 0 aromatic carbocycles. The maximum absolute atomic E-state index is 12.6. The highest BCUT2D eigenvalue weighted by atomic mass is 16.8. The summed E-state index contributed by atoms with van der Waals surface area (Å²) >= 11 is 0. The van der Waals surface area contributed by atoms with Crippen molar-refractivity contribution in [1.82, 2.24) is 16.0 Å². The normalized spacial score (nSPS) is 48.2. The molecule has 0 aromatic heterocycles. The Hall–Kier alpha value is -2.71. The van der Waals surface area contributed by atoms with Crippen molar-refractivity contribution in [3.05, 3.63) is 0 Å². The van der Waals surface area contributed by atoms with E-state index < -0.39 is 241 Å². The van der Waals surface area contributed by atoms with Crippen LogP contribution < -0.4 is 16.0 Å². The Labute approximate surface area is 431 Å². The van der Waals surface area contributed by atoms with E-state index in [1.165, 1.54) is 0 Å². The zero-order chi connectivity index (χ0) is 56.2. The molecular weight excluding hydrogens is 1040 g/mol. The number of carbonyl (C=O) groups is 3. The van der Waals surface area contributed by atoms with Crippen molar-refractivity contribution in [2.45, 2.75) is 205 Å². The number of hydrogen-bond donors (Lipinski definition) is 20. The molecule has 0 aliphatic carbocycles. The summed E-state index contributed by atoms with van der Waals surface area (Å²) in [5.74, 6) is -2.28. The third-order valence-corrected chi connectivity index (χ3v) is 13.6. The molecule has 0 spiro atoms. The first-order chi connectivity index (χ1) is 35.9. The number of rotatable bonds is 19. The summed E-state index contributed by atoms with van der Waals surface area (Å²) < 4.78 is 63.1. The number of hydrogen-bond acceptors (Lipinski definition) is 31. The Morgan fingerprint density at radius 1 is 0.342 bits per heavy atom. The smallest absolute Gasteiger partial charge is 0.217 e. The molecule has 3 amide bonds. The summed E-state index contributed by atoms with van der Waals surface area (Å²) in [6.07, 6.45) is -51.0. The summed E-state index contributed by atoms with van der Waals surface area (Å²) in [5, 5.41) is 190. The lowest BCUT2D eigenvalue weighted by molar-refractivity contribution is -0.385. The lowest BCUT2D eigenvalue weighted by atomic mass is 9.94. The molecule has 0 aromatic rings. The monoisotopic (exact) mass is 1110 g/mol. The van der Waals surface area contributed by atoms with Gasteiger partial charge >= 0.3 is 0 Å². The fourth-order valence-corrected chi connectivity index (χ4v) is 9.63. The van der Waals surface area contributed by atoms with Crippen molar-refractivity contribution in [2.24, 2.45) is 0 Å². The van der Waals surface area contributed by atoms with E-state index in [-0.39, 0.29) is 0 Å². The van der Waals surface area contributed by atoms with Gasteiger partial charge in [-0.05, 0) is 0 Å². The SMILES string of the molecule is CC(=O)N[C@@H]1[C@@H](O)[C@H](O[C@@H]2O[C@H](CO)[C@@H](O[C@@H]3O[C@H](CO[C@H]4O[C@H](CO)[C@@H](O[C@@H]5O[C@H](CO)[C@@H](O)[C@H](O)[C@H]5NC(C)=O)[C@H](O)[C@@H]4O)[C@@H](O)[C@H](O[C@H]4O[C@H](CO)[C@@H](O)[C@H](O)[C@@H]4O)[C@@H]3O)[C@H](O)[C@H]2NC(C)=O)[C@@H](CO)O[C@H]1O. The predicted octanol–water partition coefficient (Wildman–Crippen LogP) is -13.7. The second kappa shape index (κ2) is 27.2. The minimum Gasteiger partial charge on any atom is -0.394 e. The van der Waals surface area contributed by atoms with E-state index in [0.717, 1.165) is 20.8 Å². The van der Waals surface area contributed by atoms with Crippen molar-refractivity contribution in [2.75, 3.05) is 39.6 Å². The molecule has 30 atom stereocenters. The number of ether oxygens (including phenoxy) is 11. The molecule has 6 aliphatic rings. The molecule has 6 fully saturated rings. The molecule has 6 rings (SSSR count). The first-order valence-electron chi connectivity index (χ1n) is 24.1. The van der Waals surface area contributed by atoms with Gasteiger partial charge in [-0.1, -0.05) is 0 Å². The van der Waals surface area contributed by atoms with E-state index >= 15 is 0 Å². The van der Waals surface area contributed by atoms with Gasteiger partial charge in [0.1, 0.15) is 146 Å². The average molecular weight is 1110 g/mol. The van der Waals surface area contributed by atoms with Gasteiger partial charge in [0.2, 0.25) is 17.7 Å². The van der Waals surface area contributed by atoms with Crippen molar-refractivity contribution < 1.29 is 153 Å². The maximum Gasteiger partial charge on any atom is 0.217 e. The van der Waals surface area contributed by atoms with Gasteiger partial charge in [-0.2, -0.15) is 0 Å². The van der Waals surface area contributed by atoms with Crippen LogP contribution >= 0.6 is 0 Å². The fourth-order valence-electron chi connectivity index (χ4n) is 9.63. The highest BCUT2D eigenvalue weighted by molar-refractivity contribution is 5.74. The molecule has 34 heteroatoms.